The van der Waals surface area contributed by atoms with Crippen molar-refractivity contribution < 1.29 is 26.8 Å². The Labute approximate surface area is 141 Å². The van der Waals surface area contributed by atoms with Gasteiger partial charge in [0.2, 0.25) is 5.01 Å². The molecule has 0 atom stereocenters. The quantitative estimate of drug-likeness (QED) is 0.334. The zero-order valence-corrected chi connectivity index (χ0v) is 15.3. The van der Waals surface area contributed by atoms with E-state index in [0.717, 1.165) is 16.5 Å². The number of rotatable bonds is 4. The molecule has 6 heteroatoms. The summed E-state index contributed by atoms with van der Waals surface area (Å²) in [6.07, 6.45) is 0.984. The third-order valence-corrected chi connectivity index (χ3v) is 4.77. The normalized spacial score (nSPS) is 11.2. The van der Waals surface area contributed by atoms with Gasteiger partial charge in [0.05, 0.1) is 5.38 Å². The van der Waals surface area contributed by atoms with Crippen LogP contribution < -0.4 is 21.5 Å². The van der Waals surface area contributed by atoms with Crippen LogP contribution in [0.15, 0.2) is 39.3 Å². The fourth-order valence-electron chi connectivity index (χ4n) is 1.94. The van der Waals surface area contributed by atoms with Crippen molar-refractivity contribution in [1.82, 2.24) is 0 Å². The molecule has 0 saturated heterocycles. The second-order valence-corrected chi connectivity index (χ2v) is 6.12. The molecule has 20 heavy (non-hydrogen) atoms. The summed E-state index contributed by atoms with van der Waals surface area (Å²) in [5.74, 6) is 0. The highest BCUT2D eigenvalue weighted by Crippen LogP contribution is 2.13. The van der Waals surface area contributed by atoms with Crippen molar-refractivity contribution in [3.05, 3.63) is 50.4 Å². The van der Waals surface area contributed by atoms with Crippen LogP contribution in [0.25, 0.3) is 0 Å². The van der Waals surface area contributed by atoms with E-state index in [1.807, 2.05) is 24.3 Å². The van der Waals surface area contributed by atoms with Crippen LogP contribution in [0.4, 0.5) is 0 Å². The van der Waals surface area contributed by atoms with Crippen molar-refractivity contribution in [1.29, 1.82) is 0 Å². The number of oxime groups is 1. The Bertz CT molecular complexity index is 594. The lowest BCUT2D eigenvalue weighted by molar-refractivity contribution is -0.689. The summed E-state index contributed by atoms with van der Waals surface area (Å²) < 4.78 is 3.21. The van der Waals surface area contributed by atoms with E-state index < -0.39 is 0 Å². The van der Waals surface area contributed by atoms with E-state index in [4.69, 9.17) is 0 Å². The SMILES string of the molecule is CCc1scc(C)[n+]1C/C(=N/O)c1ccc(Br)cc1.[Br-]. The van der Waals surface area contributed by atoms with E-state index in [1.165, 1.54) is 10.7 Å². The minimum Gasteiger partial charge on any atom is -1.00 e. The van der Waals surface area contributed by atoms with Gasteiger partial charge < -0.3 is 22.2 Å². The molecular formula is C14H16Br2N2OS. The van der Waals surface area contributed by atoms with Gasteiger partial charge in [-0.2, -0.15) is 4.57 Å². The van der Waals surface area contributed by atoms with Gasteiger partial charge in [0.1, 0.15) is 0 Å². The zero-order valence-electron chi connectivity index (χ0n) is 11.3. The predicted molar refractivity (Wildman–Crippen MR) is 81.1 cm³/mol. The van der Waals surface area contributed by atoms with Crippen molar-refractivity contribution in [3.8, 4) is 0 Å². The first-order valence-corrected chi connectivity index (χ1v) is 7.76. The van der Waals surface area contributed by atoms with Gasteiger partial charge >= 0.3 is 0 Å². The van der Waals surface area contributed by atoms with Crippen LogP contribution in [-0.2, 0) is 13.0 Å². The molecule has 0 unspecified atom stereocenters. The van der Waals surface area contributed by atoms with Gasteiger partial charge in [0.25, 0.3) is 0 Å². The average Bonchev–Trinajstić information content (AvgIpc) is 2.78. The van der Waals surface area contributed by atoms with Gasteiger partial charge in [-0.15, -0.1) is 0 Å². The average molecular weight is 420 g/mol. The minimum absolute atomic E-state index is 0. The topological polar surface area (TPSA) is 36.5 Å². The molecule has 1 heterocycles. The standard InChI is InChI=1S/C14H15BrN2OS.BrH/c1-3-14-17(10(2)9-19-14)8-13(16-18)11-4-6-12(15)7-5-11;/h4-7,9H,3,8H2,1-2H3;1H/b16-13-;. The maximum atomic E-state index is 9.27. The van der Waals surface area contributed by atoms with Crippen molar-refractivity contribution in [2.75, 3.05) is 0 Å². The maximum Gasteiger partial charge on any atom is 0.237 e. The van der Waals surface area contributed by atoms with Crippen LogP contribution in [0.2, 0.25) is 0 Å². The van der Waals surface area contributed by atoms with Gasteiger partial charge in [-0.3, -0.25) is 0 Å². The molecule has 0 aliphatic carbocycles. The third-order valence-electron chi connectivity index (χ3n) is 3.00. The van der Waals surface area contributed by atoms with E-state index in [-0.39, 0.29) is 17.0 Å². The summed E-state index contributed by atoms with van der Waals surface area (Å²) in [7, 11) is 0. The second kappa shape index (κ2) is 7.90. The molecule has 0 fully saturated rings. The number of aromatic nitrogens is 1. The van der Waals surface area contributed by atoms with E-state index in [2.05, 4.69) is 44.9 Å². The number of halogens is 2. The Hall–Kier alpha value is -0.720. The molecule has 3 nitrogen and oxygen atoms in total. The van der Waals surface area contributed by atoms with Crippen molar-refractivity contribution in [2.45, 2.75) is 26.8 Å². The van der Waals surface area contributed by atoms with Crippen LogP contribution in [0.5, 0.6) is 0 Å². The Kier molecular flexibility index (Phi) is 6.85. The van der Waals surface area contributed by atoms with Crippen molar-refractivity contribution in [2.24, 2.45) is 5.16 Å². The second-order valence-electron chi connectivity index (χ2n) is 4.26. The van der Waals surface area contributed by atoms with Crippen LogP contribution in [-0.4, -0.2) is 10.9 Å². The molecule has 0 spiro atoms. The molecular weight excluding hydrogens is 404 g/mol. The largest absolute Gasteiger partial charge is 1.00 e. The predicted octanol–water partition coefficient (Wildman–Crippen LogP) is 0.551. The number of hydrogen-bond donors (Lipinski definition) is 1. The molecule has 2 aromatic rings. The first kappa shape index (κ1) is 17.3. The monoisotopic (exact) mass is 418 g/mol. The zero-order chi connectivity index (χ0) is 13.8. The Morgan fingerprint density at radius 2 is 2.00 bits per heavy atom. The Morgan fingerprint density at radius 3 is 2.55 bits per heavy atom. The summed E-state index contributed by atoms with van der Waals surface area (Å²) in [4.78, 5) is 0. The van der Waals surface area contributed by atoms with Crippen LogP contribution in [0.1, 0.15) is 23.2 Å². The number of thiazole rings is 1. The molecule has 0 bridgehead atoms. The molecule has 1 aromatic heterocycles. The maximum absolute atomic E-state index is 9.27. The van der Waals surface area contributed by atoms with Gasteiger partial charge in [-0.25, -0.2) is 0 Å². The van der Waals surface area contributed by atoms with Crippen molar-refractivity contribution in [3.63, 3.8) is 0 Å². The minimum atomic E-state index is 0. The first-order chi connectivity index (χ1) is 9.15. The Balaban J connectivity index is 0.00000200. The fraction of sp³-hybridized carbons (Fsp3) is 0.286. The lowest BCUT2D eigenvalue weighted by Crippen LogP contribution is -3.00. The highest BCUT2D eigenvalue weighted by Gasteiger charge is 2.19. The number of aryl methyl sites for hydroxylation is 2. The van der Waals surface area contributed by atoms with E-state index in [0.29, 0.717) is 12.3 Å². The third kappa shape index (κ3) is 3.90. The van der Waals surface area contributed by atoms with Gasteiger partial charge in [0, 0.05) is 23.4 Å². The van der Waals surface area contributed by atoms with Gasteiger partial charge in [-0.05, 0) is 12.1 Å². The molecule has 108 valence electrons. The molecule has 0 amide bonds. The molecule has 2 rings (SSSR count). The fourth-order valence-corrected chi connectivity index (χ4v) is 3.14. The lowest BCUT2D eigenvalue weighted by Gasteiger charge is -2.03. The summed E-state index contributed by atoms with van der Waals surface area (Å²) in [6.45, 7) is 4.81. The smallest absolute Gasteiger partial charge is 0.237 e. The lowest BCUT2D eigenvalue weighted by atomic mass is 10.1. The van der Waals surface area contributed by atoms with Crippen LogP contribution in [0.3, 0.4) is 0 Å². The first-order valence-electron chi connectivity index (χ1n) is 6.09. The Morgan fingerprint density at radius 1 is 1.35 bits per heavy atom. The molecule has 1 aromatic carbocycles. The van der Waals surface area contributed by atoms with Crippen molar-refractivity contribution >= 4 is 33.0 Å². The van der Waals surface area contributed by atoms with E-state index in [1.54, 1.807) is 11.3 Å². The van der Waals surface area contributed by atoms with Crippen LogP contribution >= 0.6 is 27.3 Å². The number of hydrogen-bond acceptors (Lipinski definition) is 3. The number of benzene rings is 1. The molecule has 0 aliphatic heterocycles. The summed E-state index contributed by atoms with van der Waals surface area (Å²) in [6, 6.07) is 7.80. The molecule has 0 aliphatic rings. The summed E-state index contributed by atoms with van der Waals surface area (Å²) in [5.41, 5.74) is 2.81. The van der Waals surface area contributed by atoms with E-state index in [9.17, 15) is 5.21 Å². The highest BCUT2D eigenvalue weighted by molar-refractivity contribution is 9.10. The molecule has 0 saturated carbocycles. The number of nitrogens with zero attached hydrogens (tertiary/aromatic N) is 2. The highest BCUT2D eigenvalue weighted by atomic mass is 79.9. The van der Waals surface area contributed by atoms with E-state index >= 15 is 0 Å². The summed E-state index contributed by atoms with van der Waals surface area (Å²) in [5, 5.41) is 16.2. The van der Waals surface area contributed by atoms with Crippen LogP contribution in [0, 0.1) is 6.92 Å². The van der Waals surface area contributed by atoms with Gasteiger partial charge in [-0.1, -0.05) is 51.5 Å². The molecule has 1 N–H and O–H groups in total. The van der Waals surface area contributed by atoms with Gasteiger partial charge in [0.15, 0.2) is 18.0 Å². The molecule has 0 radical (unpaired) electrons. The summed E-state index contributed by atoms with van der Waals surface area (Å²) >= 11 is 5.15.